The molecule has 2 aromatic rings. The van der Waals surface area contributed by atoms with E-state index in [1.54, 1.807) is 21.9 Å². The van der Waals surface area contributed by atoms with Crippen LogP contribution < -0.4 is 5.32 Å². The molecule has 0 radical (unpaired) electrons. The maximum Gasteiger partial charge on any atom is 0.263 e. The summed E-state index contributed by atoms with van der Waals surface area (Å²) in [7, 11) is 0. The number of amides is 1. The largest absolute Gasteiger partial charge is 0.348 e. The molecule has 1 spiro atoms. The van der Waals surface area contributed by atoms with Crippen molar-refractivity contribution in [1.29, 1.82) is 0 Å². The fraction of sp³-hybridized carbons (Fsp3) is 0.409. The van der Waals surface area contributed by atoms with Gasteiger partial charge in [0.25, 0.3) is 5.91 Å². The van der Waals surface area contributed by atoms with Crippen molar-refractivity contribution in [1.82, 2.24) is 9.80 Å². The molecule has 0 unspecified atom stereocenters. The number of ketones is 1. The Morgan fingerprint density at radius 1 is 0.882 bits per heavy atom. The molecule has 2 fully saturated rings. The molecule has 12 heteroatoms. The van der Waals surface area contributed by atoms with E-state index in [0.717, 1.165) is 11.3 Å². The number of hydrogen-bond donors (Lipinski definition) is 1. The number of carbonyl (C=O) groups is 2. The minimum Gasteiger partial charge on any atom is -0.348 e. The molecule has 3 heterocycles. The highest BCUT2D eigenvalue weighted by Gasteiger charge is 2.42. The maximum atomic E-state index is 14.0. The Morgan fingerprint density at radius 3 is 1.91 bits per heavy atom. The number of benzene rings is 1. The van der Waals surface area contributed by atoms with E-state index >= 15 is 0 Å². The summed E-state index contributed by atoms with van der Waals surface area (Å²) in [5.74, 6) is -10.5. The Hall–Kier alpha value is -2.60. The summed E-state index contributed by atoms with van der Waals surface area (Å²) >= 11 is 6.36. The monoisotopic (exact) mass is 517 g/mol. The Labute approximate surface area is 201 Å². The topological polar surface area (TPSA) is 52.7 Å². The molecule has 2 aliphatic rings. The molecule has 1 aromatic carbocycles. The number of carbonyl (C=O) groups excluding carboxylic acids is 2. The number of anilines is 1. The van der Waals surface area contributed by atoms with E-state index in [2.05, 4.69) is 5.32 Å². The van der Waals surface area contributed by atoms with Gasteiger partial charge in [-0.25, -0.2) is 22.0 Å². The third kappa shape index (κ3) is 4.40. The predicted molar refractivity (Wildman–Crippen MR) is 121 cm³/mol. The van der Waals surface area contributed by atoms with Crippen LogP contribution in [0.15, 0.2) is 12.1 Å². The first-order valence-corrected chi connectivity index (χ1v) is 11.7. The van der Waals surface area contributed by atoms with Crippen molar-refractivity contribution >= 4 is 46.0 Å². The quantitative estimate of drug-likeness (QED) is 0.205. The zero-order chi connectivity index (χ0) is 24.8. The first-order chi connectivity index (χ1) is 16.0. The Kier molecular flexibility index (Phi) is 6.65. The zero-order valence-corrected chi connectivity index (χ0v) is 19.7. The van der Waals surface area contributed by atoms with Gasteiger partial charge < -0.3 is 15.1 Å². The van der Waals surface area contributed by atoms with Gasteiger partial charge in [-0.2, -0.15) is 0 Å². The van der Waals surface area contributed by atoms with Gasteiger partial charge in [-0.1, -0.05) is 0 Å². The maximum absolute atomic E-state index is 14.0. The number of hydrogen-bond acceptors (Lipinski definition) is 4. The fourth-order valence-corrected chi connectivity index (χ4v) is 5.53. The van der Waals surface area contributed by atoms with Crippen molar-refractivity contribution < 1.29 is 31.5 Å². The van der Waals surface area contributed by atoms with Crippen molar-refractivity contribution in [3.8, 4) is 0 Å². The van der Waals surface area contributed by atoms with Crippen LogP contribution in [0.3, 0.4) is 0 Å². The van der Waals surface area contributed by atoms with Crippen LogP contribution in [0.1, 0.15) is 45.5 Å². The molecule has 2 saturated heterocycles. The van der Waals surface area contributed by atoms with Crippen LogP contribution in [0.2, 0.25) is 0 Å². The smallest absolute Gasteiger partial charge is 0.263 e. The number of halogens is 5. The molecular formula is C22H20F5N3O2S2. The number of Topliss-reactive ketones (excluding diaryl/α,β-unsaturated/α-hetero) is 1. The molecule has 0 atom stereocenters. The summed E-state index contributed by atoms with van der Waals surface area (Å²) in [5.41, 5.74) is -1.36. The predicted octanol–water partition coefficient (Wildman–Crippen LogP) is 4.97. The molecule has 1 N–H and O–H groups in total. The van der Waals surface area contributed by atoms with Crippen molar-refractivity contribution in [2.24, 2.45) is 5.41 Å². The lowest BCUT2D eigenvalue weighted by atomic mass is 9.78. The molecule has 0 aliphatic carbocycles. The normalized spacial score (nSPS) is 17.4. The van der Waals surface area contributed by atoms with E-state index in [1.165, 1.54) is 6.92 Å². The van der Waals surface area contributed by atoms with E-state index in [0.29, 0.717) is 55.2 Å². The summed E-state index contributed by atoms with van der Waals surface area (Å²) in [6.07, 6.45) is 2.05. The van der Waals surface area contributed by atoms with Crippen molar-refractivity contribution in [3.05, 3.63) is 51.0 Å². The number of nitrogens with one attached hydrogen (secondary N) is 1. The van der Waals surface area contributed by atoms with E-state index < -0.39 is 34.8 Å². The van der Waals surface area contributed by atoms with Crippen LogP contribution in [0.25, 0.3) is 0 Å². The van der Waals surface area contributed by atoms with Gasteiger partial charge in [0.05, 0.1) is 9.75 Å². The van der Waals surface area contributed by atoms with Crippen LogP contribution in [0.4, 0.5) is 27.6 Å². The number of nitrogens with zero attached hydrogens (tertiary/aromatic N) is 2. The number of thiocarbonyl (C=S) groups is 1. The lowest BCUT2D eigenvalue weighted by Gasteiger charge is -2.39. The molecule has 34 heavy (non-hydrogen) atoms. The summed E-state index contributed by atoms with van der Waals surface area (Å²) < 4.78 is 68.2. The van der Waals surface area contributed by atoms with Crippen LogP contribution in [0, 0.1) is 34.5 Å². The number of rotatable bonds is 3. The van der Waals surface area contributed by atoms with E-state index in [4.69, 9.17) is 12.2 Å². The molecule has 2 aliphatic heterocycles. The van der Waals surface area contributed by atoms with Crippen LogP contribution in [-0.4, -0.2) is 52.8 Å². The van der Waals surface area contributed by atoms with Gasteiger partial charge in [0, 0.05) is 26.2 Å². The molecule has 0 bridgehead atoms. The minimum atomic E-state index is -2.23. The molecule has 1 amide bonds. The zero-order valence-electron chi connectivity index (χ0n) is 18.0. The first kappa shape index (κ1) is 24.5. The first-order valence-electron chi connectivity index (χ1n) is 10.5. The van der Waals surface area contributed by atoms with Crippen molar-refractivity contribution in [2.45, 2.75) is 26.2 Å². The highest BCUT2D eigenvalue weighted by atomic mass is 32.1. The Balaban J connectivity index is 1.38. The number of thiophene rings is 1. The molecule has 5 nitrogen and oxygen atoms in total. The van der Waals surface area contributed by atoms with E-state index in [1.807, 2.05) is 0 Å². The van der Waals surface area contributed by atoms with Crippen molar-refractivity contribution in [2.75, 3.05) is 31.5 Å². The minimum absolute atomic E-state index is 0.0943. The summed E-state index contributed by atoms with van der Waals surface area (Å²) in [5, 5.41) is 2.05. The lowest BCUT2D eigenvalue weighted by Crippen LogP contribution is -2.45. The van der Waals surface area contributed by atoms with Gasteiger partial charge >= 0.3 is 0 Å². The highest BCUT2D eigenvalue weighted by molar-refractivity contribution is 7.80. The average molecular weight is 518 g/mol. The third-order valence-electron chi connectivity index (χ3n) is 6.44. The second-order valence-electron chi connectivity index (χ2n) is 8.56. The second-order valence-corrected chi connectivity index (χ2v) is 10.0. The van der Waals surface area contributed by atoms with Crippen molar-refractivity contribution in [3.63, 3.8) is 0 Å². The van der Waals surface area contributed by atoms with Gasteiger partial charge in [-0.3, -0.25) is 9.59 Å². The Bertz CT molecular complexity index is 1150. The van der Waals surface area contributed by atoms with Gasteiger partial charge in [-0.05, 0) is 56.0 Å². The second kappa shape index (κ2) is 9.21. The van der Waals surface area contributed by atoms with E-state index in [9.17, 15) is 31.5 Å². The fourth-order valence-electron chi connectivity index (χ4n) is 4.40. The number of piperidine rings is 1. The summed E-state index contributed by atoms with van der Waals surface area (Å²) in [6, 6.07) is 3.29. The summed E-state index contributed by atoms with van der Waals surface area (Å²) in [6.45, 7) is 3.32. The van der Waals surface area contributed by atoms with Gasteiger partial charge in [-0.15, -0.1) is 11.3 Å². The molecule has 1 aromatic heterocycles. The SMILES string of the molecule is CC(=O)c1ccc(C(=O)N2CCC3(CC2)CCN(C(=S)Nc2c(F)c(F)c(F)c(F)c2F)C3)s1. The molecule has 0 saturated carbocycles. The Morgan fingerprint density at radius 2 is 1.38 bits per heavy atom. The van der Waals surface area contributed by atoms with Crippen LogP contribution >= 0.6 is 23.6 Å². The van der Waals surface area contributed by atoms with Crippen LogP contribution in [0.5, 0.6) is 0 Å². The molecule has 182 valence electrons. The van der Waals surface area contributed by atoms with Gasteiger partial charge in [0.15, 0.2) is 34.2 Å². The molecule has 4 rings (SSSR count). The summed E-state index contributed by atoms with van der Waals surface area (Å²) in [4.78, 5) is 28.7. The standard InChI is InChI=1S/C22H20F5N3O2S2/c1-11(31)12-2-3-13(34-12)20(32)29-7-4-22(5-8-29)6-9-30(10-22)21(33)28-19-17(26)15(24)14(23)16(25)18(19)27/h2-3H,4-10H2,1H3,(H,28,33). The van der Waals surface area contributed by atoms with Gasteiger partial charge in [0.1, 0.15) is 5.69 Å². The third-order valence-corrected chi connectivity index (χ3v) is 7.98. The van der Waals surface area contributed by atoms with Crippen LogP contribution in [-0.2, 0) is 0 Å². The highest BCUT2D eigenvalue weighted by Crippen LogP contribution is 2.41. The van der Waals surface area contributed by atoms with E-state index in [-0.39, 0.29) is 22.2 Å². The lowest BCUT2D eigenvalue weighted by molar-refractivity contribution is 0.0603. The molecular weight excluding hydrogens is 497 g/mol. The van der Waals surface area contributed by atoms with Gasteiger partial charge in [0.2, 0.25) is 5.82 Å². The average Bonchev–Trinajstić information content (AvgIpc) is 3.48. The number of likely N-dealkylation sites (tertiary alicyclic amines) is 2.